The Balaban J connectivity index is 1.91. The van der Waals surface area contributed by atoms with E-state index in [2.05, 4.69) is 9.71 Å². The molecule has 0 aromatic heterocycles. The van der Waals surface area contributed by atoms with Crippen LogP contribution in [0.1, 0.15) is 5.56 Å². The van der Waals surface area contributed by atoms with E-state index in [0.29, 0.717) is 11.3 Å². The summed E-state index contributed by atoms with van der Waals surface area (Å²) in [6.07, 6.45) is 4.83. The van der Waals surface area contributed by atoms with Gasteiger partial charge in [0.1, 0.15) is 5.82 Å². The summed E-state index contributed by atoms with van der Waals surface area (Å²) in [7, 11) is -3.56. The maximum atomic E-state index is 13.1. The van der Waals surface area contributed by atoms with Crippen molar-refractivity contribution in [3.05, 3.63) is 53.5 Å². The Labute approximate surface area is 133 Å². The van der Waals surface area contributed by atoms with Crippen molar-refractivity contribution < 1.29 is 17.6 Å². The number of hydrogen-bond donors (Lipinski definition) is 1. The summed E-state index contributed by atoms with van der Waals surface area (Å²) in [5, 5.41) is 2.66. The largest absolute Gasteiger partial charge is 0.331 e. The molecule has 0 aliphatic carbocycles. The summed E-state index contributed by atoms with van der Waals surface area (Å²) in [5.41, 5.74) is 1.18. The van der Waals surface area contributed by atoms with Crippen LogP contribution in [0.15, 0.2) is 46.5 Å². The number of benzene rings is 1. The molecule has 2 aliphatic heterocycles. The van der Waals surface area contributed by atoms with Gasteiger partial charge in [0.25, 0.3) is 15.9 Å². The summed E-state index contributed by atoms with van der Waals surface area (Å²) in [4.78, 5) is 14.1. The standard InChI is InChI=1S/C15H14FN3O3S/c1-10-9-11(16)4-5-13(10)17-15(20)12-3-2-6-19-7-8-23(21,22)18-14(12)19/h2-6,9H,7-8H2,1H3,(H,17,20). The molecule has 0 radical (unpaired) electrons. The van der Waals surface area contributed by atoms with Crippen molar-refractivity contribution in [2.75, 3.05) is 17.6 Å². The van der Waals surface area contributed by atoms with Crippen LogP contribution in [0.5, 0.6) is 0 Å². The number of amides is 1. The van der Waals surface area contributed by atoms with Crippen LogP contribution in [-0.2, 0) is 14.8 Å². The van der Waals surface area contributed by atoms with E-state index < -0.39 is 21.7 Å². The van der Waals surface area contributed by atoms with Gasteiger partial charge in [0.15, 0.2) is 5.84 Å². The number of aryl methyl sites for hydroxylation is 1. The zero-order valence-corrected chi connectivity index (χ0v) is 13.1. The number of fused-ring (bicyclic) bond motifs is 1. The third kappa shape index (κ3) is 3.16. The molecule has 8 heteroatoms. The number of sulfonamides is 1. The molecule has 1 aromatic carbocycles. The number of rotatable bonds is 2. The number of hydrogen-bond acceptors (Lipinski definition) is 4. The van der Waals surface area contributed by atoms with E-state index in [0.717, 1.165) is 0 Å². The summed E-state index contributed by atoms with van der Waals surface area (Å²) < 4.78 is 40.2. The molecule has 2 heterocycles. The van der Waals surface area contributed by atoms with Gasteiger partial charge in [0.05, 0.1) is 11.3 Å². The number of carbonyl (C=O) groups is 1. The number of allylic oxidation sites excluding steroid dienone is 2. The first-order chi connectivity index (χ1) is 10.9. The van der Waals surface area contributed by atoms with Gasteiger partial charge < -0.3 is 10.2 Å². The fourth-order valence-corrected chi connectivity index (χ4v) is 3.34. The molecule has 1 amide bonds. The molecular formula is C15H14FN3O3S. The van der Waals surface area contributed by atoms with E-state index in [4.69, 9.17) is 0 Å². The van der Waals surface area contributed by atoms with Crippen LogP contribution in [0.2, 0.25) is 0 Å². The third-order valence-electron chi connectivity index (χ3n) is 3.54. The second-order valence-electron chi connectivity index (χ2n) is 5.23. The minimum atomic E-state index is -3.56. The molecule has 1 aromatic rings. The molecule has 1 N–H and O–H groups in total. The van der Waals surface area contributed by atoms with Crippen LogP contribution in [0.3, 0.4) is 0 Å². The molecule has 6 nitrogen and oxygen atoms in total. The Morgan fingerprint density at radius 2 is 2.17 bits per heavy atom. The first-order valence-electron chi connectivity index (χ1n) is 6.91. The lowest BCUT2D eigenvalue weighted by atomic mass is 10.1. The highest BCUT2D eigenvalue weighted by Crippen LogP contribution is 2.21. The Morgan fingerprint density at radius 1 is 1.39 bits per heavy atom. The van der Waals surface area contributed by atoms with Crippen molar-refractivity contribution in [2.45, 2.75) is 6.92 Å². The molecule has 0 spiro atoms. The topological polar surface area (TPSA) is 78.8 Å². The van der Waals surface area contributed by atoms with Crippen LogP contribution in [0.25, 0.3) is 0 Å². The van der Waals surface area contributed by atoms with Gasteiger partial charge in [-0.2, -0.15) is 0 Å². The van der Waals surface area contributed by atoms with Gasteiger partial charge >= 0.3 is 0 Å². The Kier molecular flexibility index (Phi) is 3.77. The number of halogens is 1. The van der Waals surface area contributed by atoms with Gasteiger partial charge in [-0.05, 0) is 42.8 Å². The van der Waals surface area contributed by atoms with E-state index in [1.54, 1.807) is 24.1 Å². The van der Waals surface area contributed by atoms with Crippen molar-refractivity contribution in [1.29, 1.82) is 0 Å². The molecule has 0 bridgehead atoms. The molecule has 0 atom stereocenters. The highest BCUT2D eigenvalue weighted by atomic mass is 32.2. The van der Waals surface area contributed by atoms with E-state index in [9.17, 15) is 17.6 Å². The molecular weight excluding hydrogens is 321 g/mol. The maximum absolute atomic E-state index is 13.1. The van der Waals surface area contributed by atoms with E-state index in [1.165, 1.54) is 24.3 Å². The lowest BCUT2D eigenvalue weighted by Gasteiger charge is -2.28. The van der Waals surface area contributed by atoms with Gasteiger partial charge in [-0.3, -0.25) is 4.79 Å². The van der Waals surface area contributed by atoms with E-state index in [-0.39, 0.29) is 23.7 Å². The molecule has 2 aliphatic rings. The molecule has 0 saturated carbocycles. The second-order valence-corrected chi connectivity index (χ2v) is 6.98. The predicted octanol–water partition coefficient (Wildman–Crippen LogP) is 1.57. The number of anilines is 1. The Morgan fingerprint density at radius 3 is 2.91 bits per heavy atom. The quantitative estimate of drug-likeness (QED) is 0.890. The minimum Gasteiger partial charge on any atom is -0.331 e. The van der Waals surface area contributed by atoms with Crippen LogP contribution in [-0.4, -0.2) is 37.4 Å². The van der Waals surface area contributed by atoms with Crippen LogP contribution in [0, 0.1) is 12.7 Å². The average Bonchev–Trinajstić information content (AvgIpc) is 2.48. The maximum Gasteiger partial charge on any atom is 0.259 e. The Bertz CT molecular complexity index is 872. The van der Waals surface area contributed by atoms with Gasteiger partial charge in [0, 0.05) is 18.4 Å². The number of nitrogens with zero attached hydrogens (tertiary/aromatic N) is 2. The summed E-state index contributed by atoms with van der Waals surface area (Å²) >= 11 is 0. The summed E-state index contributed by atoms with van der Waals surface area (Å²) in [6.45, 7) is 1.92. The first kappa shape index (κ1) is 15.4. The SMILES string of the molecule is Cc1cc(F)ccc1NC(=O)C1=CC=CN2CCS(=O)(=O)N=C12. The lowest BCUT2D eigenvalue weighted by Crippen LogP contribution is -2.40. The zero-order chi connectivity index (χ0) is 16.6. The first-order valence-corrected chi connectivity index (χ1v) is 8.52. The van der Waals surface area contributed by atoms with Gasteiger partial charge in [-0.15, -0.1) is 4.40 Å². The third-order valence-corrected chi connectivity index (χ3v) is 4.69. The lowest BCUT2D eigenvalue weighted by molar-refractivity contribution is -0.112. The van der Waals surface area contributed by atoms with Crippen LogP contribution < -0.4 is 5.32 Å². The molecule has 0 fully saturated rings. The number of amidine groups is 1. The fourth-order valence-electron chi connectivity index (χ4n) is 2.35. The van der Waals surface area contributed by atoms with Gasteiger partial charge in [0.2, 0.25) is 0 Å². The zero-order valence-electron chi connectivity index (χ0n) is 12.3. The minimum absolute atomic E-state index is 0.0905. The molecule has 120 valence electrons. The normalized spacial score (nSPS) is 18.8. The molecule has 0 saturated heterocycles. The fraction of sp³-hybridized carbons (Fsp3) is 0.200. The van der Waals surface area contributed by atoms with Gasteiger partial charge in [-0.1, -0.05) is 0 Å². The molecule has 0 unspecified atom stereocenters. The number of nitrogens with one attached hydrogen (secondary N) is 1. The van der Waals surface area contributed by atoms with Gasteiger partial charge in [-0.25, -0.2) is 12.8 Å². The monoisotopic (exact) mass is 335 g/mol. The van der Waals surface area contributed by atoms with E-state index >= 15 is 0 Å². The molecule has 3 rings (SSSR count). The van der Waals surface area contributed by atoms with Crippen molar-refractivity contribution in [3.8, 4) is 0 Å². The highest BCUT2D eigenvalue weighted by molar-refractivity contribution is 7.90. The Hall–Kier alpha value is -2.48. The van der Waals surface area contributed by atoms with Crippen LogP contribution >= 0.6 is 0 Å². The summed E-state index contributed by atoms with van der Waals surface area (Å²) in [5.74, 6) is -0.873. The second kappa shape index (κ2) is 5.62. The van der Waals surface area contributed by atoms with Crippen molar-refractivity contribution >= 4 is 27.5 Å². The van der Waals surface area contributed by atoms with Crippen molar-refractivity contribution in [3.63, 3.8) is 0 Å². The number of carbonyl (C=O) groups excluding carboxylic acids is 1. The smallest absolute Gasteiger partial charge is 0.259 e. The average molecular weight is 335 g/mol. The van der Waals surface area contributed by atoms with Crippen molar-refractivity contribution in [1.82, 2.24) is 4.90 Å². The van der Waals surface area contributed by atoms with Crippen molar-refractivity contribution in [2.24, 2.45) is 4.40 Å². The van der Waals surface area contributed by atoms with E-state index in [1.807, 2.05) is 0 Å². The predicted molar refractivity (Wildman–Crippen MR) is 84.9 cm³/mol. The van der Waals surface area contributed by atoms with Crippen LogP contribution in [0.4, 0.5) is 10.1 Å². The highest BCUT2D eigenvalue weighted by Gasteiger charge is 2.30. The molecule has 23 heavy (non-hydrogen) atoms. The summed E-state index contributed by atoms with van der Waals surface area (Å²) in [6, 6.07) is 4.01.